The van der Waals surface area contributed by atoms with Gasteiger partial charge in [-0.25, -0.2) is 0 Å². The van der Waals surface area contributed by atoms with Crippen molar-refractivity contribution >= 4 is 0 Å². The van der Waals surface area contributed by atoms with E-state index in [2.05, 4.69) is 33.8 Å². The van der Waals surface area contributed by atoms with Crippen molar-refractivity contribution in [1.82, 2.24) is 0 Å². The monoisotopic (exact) mass is 372 g/mol. The molecule has 4 unspecified atom stereocenters. The van der Waals surface area contributed by atoms with E-state index in [0.29, 0.717) is 10.8 Å². The van der Waals surface area contributed by atoms with Crippen LogP contribution in [0.1, 0.15) is 105 Å². The highest BCUT2D eigenvalue weighted by atomic mass is 16.3. The zero-order chi connectivity index (χ0) is 19.2. The number of aliphatic hydroxyl groups excluding tert-OH is 1. The number of hydrogen-bond acceptors (Lipinski definition) is 1. The molecule has 154 valence electrons. The topological polar surface area (TPSA) is 20.2 Å². The zero-order valence-corrected chi connectivity index (χ0v) is 18.5. The minimum absolute atomic E-state index is 0.0727. The highest BCUT2D eigenvalue weighted by Crippen LogP contribution is 2.66. The average Bonchev–Trinajstić information content (AvgIpc) is 2.96. The predicted octanol–water partition coefficient (Wildman–Crippen LogP) is 7.14. The van der Waals surface area contributed by atoms with Crippen LogP contribution in [-0.4, -0.2) is 11.2 Å². The van der Waals surface area contributed by atoms with E-state index < -0.39 is 0 Å². The van der Waals surface area contributed by atoms with Gasteiger partial charge in [0.05, 0.1) is 6.10 Å². The molecule has 0 bridgehead atoms. The number of unbranched alkanes of at least 4 members (excludes halogenated alkanes) is 1. The third-order valence-corrected chi connectivity index (χ3v) is 9.86. The lowest BCUT2D eigenvalue weighted by Crippen LogP contribution is -2.50. The molecule has 4 aliphatic rings. The van der Waals surface area contributed by atoms with Gasteiger partial charge >= 0.3 is 0 Å². The van der Waals surface area contributed by atoms with E-state index in [0.717, 1.165) is 42.4 Å². The summed E-state index contributed by atoms with van der Waals surface area (Å²) in [5, 5.41) is 10.2. The first-order valence-electron chi connectivity index (χ1n) is 12.2. The summed E-state index contributed by atoms with van der Waals surface area (Å²) in [5.74, 6) is 4.64. The van der Waals surface area contributed by atoms with Crippen LogP contribution in [0, 0.1) is 40.4 Å². The summed E-state index contributed by atoms with van der Waals surface area (Å²) in [4.78, 5) is 0. The van der Waals surface area contributed by atoms with Gasteiger partial charge in [0.1, 0.15) is 0 Å². The van der Waals surface area contributed by atoms with Crippen LogP contribution in [0.2, 0.25) is 0 Å². The molecule has 7 atom stereocenters. The maximum Gasteiger partial charge on any atom is 0.0577 e. The van der Waals surface area contributed by atoms with Crippen molar-refractivity contribution in [3.05, 3.63) is 11.6 Å². The Morgan fingerprint density at radius 1 is 1.04 bits per heavy atom. The minimum atomic E-state index is -0.0727. The second-order valence-corrected chi connectivity index (χ2v) is 11.7. The Hall–Kier alpha value is -0.300. The molecule has 4 aliphatic carbocycles. The molecular weight excluding hydrogens is 328 g/mol. The molecule has 4 rings (SSSR count). The summed E-state index contributed by atoms with van der Waals surface area (Å²) in [7, 11) is 0. The number of rotatable bonds is 5. The zero-order valence-electron chi connectivity index (χ0n) is 18.5. The maximum absolute atomic E-state index is 10.2. The Morgan fingerprint density at radius 2 is 1.85 bits per heavy atom. The molecular formula is C26H44O. The standard InChI is InChI=1S/C26H44O/c1-18(2)7-5-6-8-19-10-12-23-22-11-9-20-17-21(27)13-15-26(20,4)24(22)14-16-25(19,23)3/h9,18-19,21-24,27H,5-8,10-17H2,1-4H3/t19-,21?,22?,23-,24-,25?,26?/m0/s1. The van der Waals surface area contributed by atoms with E-state index >= 15 is 0 Å². The van der Waals surface area contributed by atoms with E-state index in [1.165, 1.54) is 64.2 Å². The van der Waals surface area contributed by atoms with Gasteiger partial charge < -0.3 is 5.11 Å². The molecule has 0 aliphatic heterocycles. The van der Waals surface area contributed by atoms with Crippen LogP contribution < -0.4 is 0 Å². The van der Waals surface area contributed by atoms with Gasteiger partial charge in [0.25, 0.3) is 0 Å². The Morgan fingerprint density at radius 3 is 2.63 bits per heavy atom. The fraction of sp³-hybridized carbons (Fsp3) is 0.923. The van der Waals surface area contributed by atoms with E-state index in [-0.39, 0.29) is 6.10 Å². The molecule has 0 spiro atoms. The fourth-order valence-corrected chi connectivity index (χ4v) is 8.17. The molecule has 0 radical (unpaired) electrons. The number of aliphatic hydroxyl groups is 1. The Kier molecular flexibility index (Phi) is 5.56. The second kappa shape index (κ2) is 7.51. The first-order chi connectivity index (χ1) is 12.8. The third-order valence-electron chi connectivity index (χ3n) is 9.86. The number of fused-ring (bicyclic) bond motifs is 5. The smallest absolute Gasteiger partial charge is 0.0577 e. The fourth-order valence-electron chi connectivity index (χ4n) is 8.17. The quantitative estimate of drug-likeness (QED) is 0.401. The lowest BCUT2D eigenvalue weighted by atomic mass is 9.47. The first kappa shape index (κ1) is 20.0. The van der Waals surface area contributed by atoms with Crippen LogP contribution in [0.15, 0.2) is 11.6 Å². The maximum atomic E-state index is 10.2. The largest absolute Gasteiger partial charge is 0.393 e. The van der Waals surface area contributed by atoms with Crippen LogP contribution in [0.4, 0.5) is 0 Å². The van der Waals surface area contributed by atoms with Crippen LogP contribution in [0.3, 0.4) is 0 Å². The van der Waals surface area contributed by atoms with Gasteiger partial charge in [-0.1, -0.05) is 58.6 Å². The SMILES string of the molecule is CC(C)CCCC[C@H]1CC[C@H]2C3CC=C4CC(O)CCC4(C)[C@H]3CCC12C. The van der Waals surface area contributed by atoms with Crippen LogP contribution in [0.5, 0.6) is 0 Å². The Bertz CT molecular complexity index is 563. The summed E-state index contributed by atoms with van der Waals surface area (Å²) in [6, 6.07) is 0. The van der Waals surface area contributed by atoms with Gasteiger partial charge in [-0.2, -0.15) is 0 Å². The molecule has 27 heavy (non-hydrogen) atoms. The van der Waals surface area contributed by atoms with E-state index in [9.17, 15) is 5.11 Å². The molecule has 1 heteroatoms. The van der Waals surface area contributed by atoms with E-state index in [1.807, 2.05) is 0 Å². The second-order valence-electron chi connectivity index (χ2n) is 11.7. The van der Waals surface area contributed by atoms with Crippen molar-refractivity contribution in [2.75, 3.05) is 0 Å². The van der Waals surface area contributed by atoms with Gasteiger partial charge in [-0.15, -0.1) is 0 Å². The Labute approximate surface area is 168 Å². The van der Waals surface area contributed by atoms with E-state index in [1.54, 1.807) is 5.57 Å². The molecule has 0 aromatic heterocycles. The number of hydrogen-bond donors (Lipinski definition) is 1. The van der Waals surface area contributed by atoms with Crippen LogP contribution in [0.25, 0.3) is 0 Å². The molecule has 3 saturated carbocycles. The first-order valence-corrected chi connectivity index (χ1v) is 12.2. The normalized spacial score (nSPS) is 46.6. The molecule has 0 aromatic carbocycles. The molecule has 3 fully saturated rings. The van der Waals surface area contributed by atoms with Crippen LogP contribution in [-0.2, 0) is 0 Å². The summed E-state index contributed by atoms with van der Waals surface area (Å²) < 4.78 is 0. The highest BCUT2D eigenvalue weighted by Gasteiger charge is 2.58. The lowest BCUT2D eigenvalue weighted by molar-refractivity contribution is -0.0508. The average molecular weight is 373 g/mol. The van der Waals surface area contributed by atoms with Crippen molar-refractivity contribution in [2.24, 2.45) is 40.4 Å². The highest BCUT2D eigenvalue weighted by molar-refractivity contribution is 5.25. The molecule has 0 heterocycles. The summed E-state index contributed by atoms with van der Waals surface area (Å²) in [5.41, 5.74) is 2.64. The predicted molar refractivity (Wildman–Crippen MR) is 115 cm³/mol. The van der Waals surface area contributed by atoms with Crippen molar-refractivity contribution in [3.63, 3.8) is 0 Å². The lowest BCUT2D eigenvalue weighted by Gasteiger charge is -2.58. The summed E-state index contributed by atoms with van der Waals surface area (Å²) in [6.07, 6.45) is 18.7. The summed E-state index contributed by atoms with van der Waals surface area (Å²) in [6.45, 7) is 9.97. The Balaban J connectivity index is 1.46. The minimum Gasteiger partial charge on any atom is -0.393 e. The molecule has 0 aromatic rings. The van der Waals surface area contributed by atoms with Crippen molar-refractivity contribution in [2.45, 2.75) is 111 Å². The molecule has 1 N–H and O–H groups in total. The van der Waals surface area contributed by atoms with Crippen molar-refractivity contribution < 1.29 is 5.11 Å². The molecule has 0 saturated heterocycles. The summed E-state index contributed by atoms with van der Waals surface area (Å²) >= 11 is 0. The van der Waals surface area contributed by atoms with Crippen molar-refractivity contribution in [1.29, 1.82) is 0 Å². The van der Waals surface area contributed by atoms with Gasteiger partial charge in [-0.3, -0.25) is 0 Å². The van der Waals surface area contributed by atoms with Gasteiger partial charge in [0.15, 0.2) is 0 Å². The molecule has 0 amide bonds. The molecule has 1 nitrogen and oxygen atoms in total. The van der Waals surface area contributed by atoms with Crippen molar-refractivity contribution in [3.8, 4) is 0 Å². The van der Waals surface area contributed by atoms with Crippen LogP contribution >= 0.6 is 0 Å². The van der Waals surface area contributed by atoms with E-state index in [4.69, 9.17) is 0 Å². The third kappa shape index (κ3) is 3.45. The van der Waals surface area contributed by atoms with Gasteiger partial charge in [0, 0.05) is 0 Å². The number of allylic oxidation sites excluding steroid dienone is 1. The van der Waals surface area contributed by atoms with Gasteiger partial charge in [-0.05, 0) is 98.2 Å². The van der Waals surface area contributed by atoms with Gasteiger partial charge in [0.2, 0.25) is 0 Å².